The van der Waals surface area contributed by atoms with Crippen LogP contribution in [0.4, 0.5) is 4.39 Å². The van der Waals surface area contributed by atoms with Gasteiger partial charge in [-0.1, -0.05) is 0 Å². The van der Waals surface area contributed by atoms with E-state index >= 15 is 0 Å². The smallest absolute Gasteiger partial charge is 0.362 e. The summed E-state index contributed by atoms with van der Waals surface area (Å²) in [5, 5.41) is 8.96. The summed E-state index contributed by atoms with van der Waals surface area (Å²) in [4.78, 5) is 30.4. The van der Waals surface area contributed by atoms with Crippen LogP contribution in [0, 0.1) is 5.82 Å². The van der Waals surface area contributed by atoms with Crippen LogP contribution < -0.4 is 4.74 Å². The minimum atomic E-state index is -1.21. The highest BCUT2D eigenvalue weighted by atomic mass is 19.1. The molecule has 0 saturated carbocycles. The van der Waals surface area contributed by atoms with Crippen LogP contribution in [0.25, 0.3) is 11.3 Å². The van der Waals surface area contributed by atoms with Crippen molar-refractivity contribution in [2.24, 2.45) is 0 Å². The van der Waals surface area contributed by atoms with Crippen molar-refractivity contribution in [1.82, 2.24) is 9.97 Å². The Morgan fingerprint density at radius 1 is 1.27 bits per heavy atom. The van der Waals surface area contributed by atoms with Gasteiger partial charge in [0, 0.05) is 5.56 Å². The highest BCUT2D eigenvalue weighted by Gasteiger charge is 2.19. The van der Waals surface area contributed by atoms with E-state index in [4.69, 9.17) is 9.84 Å². The molecule has 0 aliphatic rings. The molecule has 0 bridgehead atoms. The number of esters is 1. The molecule has 114 valence electrons. The number of carboxylic acid groups (broad SMARTS) is 1. The molecule has 7 nitrogen and oxygen atoms in total. The molecule has 1 heterocycles. The summed E-state index contributed by atoms with van der Waals surface area (Å²) in [6.07, 6.45) is 1.18. The molecule has 22 heavy (non-hydrogen) atoms. The van der Waals surface area contributed by atoms with E-state index in [-0.39, 0.29) is 28.4 Å². The Bertz CT molecular complexity index is 748. The number of rotatable bonds is 4. The second-order valence-electron chi connectivity index (χ2n) is 4.10. The molecule has 0 saturated heterocycles. The topological polar surface area (TPSA) is 98.6 Å². The van der Waals surface area contributed by atoms with E-state index < -0.39 is 17.8 Å². The second-order valence-corrected chi connectivity index (χ2v) is 4.10. The highest BCUT2D eigenvalue weighted by Crippen LogP contribution is 2.25. The Hall–Kier alpha value is -3.03. The predicted octanol–water partition coefficient (Wildman–Crippen LogP) is 1.78. The minimum absolute atomic E-state index is 0.0122. The third kappa shape index (κ3) is 2.85. The lowest BCUT2D eigenvalue weighted by molar-refractivity contribution is 0.0588. The van der Waals surface area contributed by atoms with Crippen molar-refractivity contribution in [3.63, 3.8) is 0 Å². The van der Waals surface area contributed by atoms with Crippen LogP contribution >= 0.6 is 0 Å². The van der Waals surface area contributed by atoms with Crippen molar-refractivity contribution in [1.29, 1.82) is 0 Å². The molecule has 0 unspecified atom stereocenters. The average Bonchev–Trinajstić information content (AvgIpc) is 2.53. The van der Waals surface area contributed by atoms with E-state index in [9.17, 15) is 14.0 Å². The fraction of sp³-hybridized carbons (Fsp3) is 0.143. The van der Waals surface area contributed by atoms with Gasteiger partial charge in [0.1, 0.15) is 5.82 Å². The summed E-state index contributed by atoms with van der Waals surface area (Å²) < 4.78 is 23.3. The number of halogens is 1. The van der Waals surface area contributed by atoms with Crippen LogP contribution in [-0.4, -0.2) is 41.2 Å². The Labute approximate surface area is 124 Å². The number of carbonyl (C=O) groups excluding carboxylic acids is 1. The lowest BCUT2D eigenvalue weighted by Crippen LogP contribution is -2.09. The van der Waals surface area contributed by atoms with Crippen LogP contribution in [0.1, 0.15) is 20.8 Å². The van der Waals surface area contributed by atoms with Crippen molar-refractivity contribution in [2.45, 2.75) is 0 Å². The van der Waals surface area contributed by atoms with E-state index in [0.717, 1.165) is 25.3 Å². The molecule has 0 fully saturated rings. The fourth-order valence-electron chi connectivity index (χ4n) is 1.74. The van der Waals surface area contributed by atoms with Crippen LogP contribution in [0.5, 0.6) is 5.88 Å². The quantitative estimate of drug-likeness (QED) is 0.859. The molecule has 0 amide bonds. The van der Waals surface area contributed by atoms with Crippen molar-refractivity contribution >= 4 is 11.9 Å². The maximum Gasteiger partial charge on any atom is 0.362 e. The van der Waals surface area contributed by atoms with Crippen molar-refractivity contribution in [3.8, 4) is 17.1 Å². The van der Waals surface area contributed by atoms with Gasteiger partial charge >= 0.3 is 11.9 Å². The van der Waals surface area contributed by atoms with E-state index in [0.29, 0.717) is 0 Å². The number of nitrogens with zero attached hydrogens (tertiary/aromatic N) is 2. The van der Waals surface area contributed by atoms with Crippen LogP contribution in [0.3, 0.4) is 0 Å². The number of aromatic nitrogens is 2. The summed E-state index contributed by atoms with van der Waals surface area (Å²) in [7, 11) is 2.45. The van der Waals surface area contributed by atoms with Gasteiger partial charge in [0.15, 0.2) is 0 Å². The zero-order valence-corrected chi connectivity index (χ0v) is 11.7. The first-order chi connectivity index (χ1) is 10.5. The van der Waals surface area contributed by atoms with Crippen LogP contribution in [0.15, 0.2) is 24.4 Å². The SMILES string of the molecule is COC(=O)c1nc(-c2cc(C(=O)O)ccc2F)cnc1OC. The molecule has 0 radical (unpaired) electrons. The van der Waals surface area contributed by atoms with E-state index in [1.54, 1.807) is 0 Å². The Morgan fingerprint density at radius 3 is 2.59 bits per heavy atom. The molecule has 8 heteroatoms. The van der Waals surface area contributed by atoms with Gasteiger partial charge in [0.25, 0.3) is 0 Å². The van der Waals surface area contributed by atoms with Crippen LogP contribution in [0.2, 0.25) is 0 Å². The third-order valence-corrected chi connectivity index (χ3v) is 2.80. The first-order valence-corrected chi connectivity index (χ1v) is 6.00. The standard InChI is InChI=1S/C14H11FN2O5/c1-21-12-11(14(20)22-2)17-10(6-16-12)8-5-7(13(18)19)3-4-9(8)15/h3-6H,1-2H3,(H,18,19). The first kappa shape index (κ1) is 15.4. The van der Waals surface area contributed by atoms with Crippen molar-refractivity contribution in [2.75, 3.05) is 14.2 Å². The maximum atomic E-state index is 13.9. The lowest BCUT2D eigenvalue weighted by Gasteiger charge is -2.08. The fourth-order valence-corrected chi connectivity index (χ4v) is 1.74. The number of ether oxygens (including phenoxy) is 2. The van der Waals surface area contributed by atoms with E-state index in [1.807, 2.05) is 0 Å². The van der Waals surface area contributed by atoms with Gasteiger partial charge in [-0.15, -0.1) is 0 Å². The van der Waals surface area contributed by atoms with Crippen molar-refractivity contribution < 1.29 is 28.6 Å². The van der Waals surface area contributed by atoms with Gasteiger partial charge < -0.3 is 14.6 Å². The summed E-state index contributed by atoms with van der Waals surface area (Å²) in [6, 6.07) is 3.23. The van der Waals surface area contributed by atoms with Gasteiger partial charge in [-0.2, -0.15) is 0 Å². The number of aromatic carboxylic acids is 1. The molecule has 2 aromatic rings. The molecule has 0 atom stereocenters. The largest absolute Gasteiger partial charge is 0.479 e. The van der Waals surface area contributed by atoms with Crippen LogP contribution in [-0.2, 0) is 4.74 Å². The average molecular weight is 306 g/mol. The second kappa shape index (κ2) is 6.17. The number of hydrogen-bond acceptors (Lipinski definition) is 6. The maximum absolute atomic E-state index is 13.9. The molecule has 0 aliphatic heterocycles. The van der Waals surface area contributed by atoms with Gasteiger partial charge in [0.05, 0.1) is 31.7 Å². The molecular weight excluding hydrogens is 295 g/mol. The number of carbonyl (C=O) groups is 2. The zero-order valence-electron chi connectivity index (χ0n) is 11.7. The van der Waals surface area contributed by atoms with Gasteiger partial charge in [-0.25, -0.2) is 23.9 Å². The lowest BCUT2D eigenvalue weighted by atomic mass is 10.1. The molecule has 2 rings (SSSR count). The number of benzene rings is 1. The Kier molecular flexibility index (Phi) is 4.31. The number of methoxy groups -OCH3 is 2. The monoisotopic (exact) mass is 306 g/mol. The van der Waals surface area contributed by atoms with E-state index in [1.165, 1.54) is 13.3 Å². The Morgan fingerprint density at radius 2 is 2.00 bits per heavy atom. The predicted molar refractivity (Wildman–Crippen MR) is 72.3 cm³/mol. The molecule has 1 N–H and O–H groups in total. The van der Waals surface area contributed by atoms with Gasteiger partial charge in [-0.3, -0.25) is 0 Å². The molecule has 1 aromatic carbocycles. The van der Waals surface area contributed by atoms with Gasteiger partial charge in [-0.05, 0) is 18.2 Å². The number of carboxylic acids is 1. The molecular formula is C14H11FN2O5. The molecule has 0 aliphatic carbocycles. The first-order valence-electron chi connectivity index (χ1n) is 6.00. The van der Waals surface area contributed by atoms with E-state index in [2.05, 4.69) is 14.7 Å². The zero-order chi connectivity index (χ0) is 16.3. The Balaban J connectivity index is 2.60. The molecule has 1 aromatic heterocycles. The summed E-state index contributed by atoms with van der Waals surface area (Å²) >= 11 is 0. The summed E-state index contributed by atoms with van der Waals surface area (Å²) in [6.45, 7) is 0. The summed E-state index contributed by atoms with van der Waals surface area (Å²) in [5.74, 6) is -2.79. The van der Waals surface area contributed by atoms with Crippen molar-refractivity contribution in [3.05, 3.63) is 41.5 Å². The third-order valence-electron chi connectivity index (χ3n) is 2.80. The summed E-state index contributed by atoms with van der Waals surface area (Å²) in [5.41, 5.74) is -0.460. The van der Waals surface area contributed by atoms with Gasteiger partial charge in [0.2, 0.25) is 11.6 Å². The number of hydrogen-bond donors (Lipinski definition) is 1. The highest BCUT2D eigenvalue weighted by molar-refractivity contribution is 5.91. The molecule has 0 spiro atoms. The minimum Gasteiger partial charge on any atom is -0.479 e. The normalized spacial score (nSPS) is 10.1.